The van der Waals surface area contributed by atoms with Crippen LogP contribution < -0.4 is 11.1 Å². The number of nitrogens with zero attached hydrogens (tertiary/aromatic N) is 3. The van der Waals surface area contributed by atoms with Crippen LogP contribution in [0.4, 0.5) is 10.8 Å². The Balaban J connectivity index is 2.10. The van der Waals surface area contributed by atoms with Gasteiger partial charge in [-0.05, 0) is 11.3 Å². The van der Waals surface area contributed by atoms with Crippen LogP contribution in [0.2, 0.25) is 0 Å². The Kier molecular flexibility index (Phi) is 2.11. The van der Waals surface area contributed by atoms with Crippen LogP contribution in [-0.2, 0) is 0 Å². The topological polar surface area (TPSA) is 110 Å². The number of hydrogen-bond donors (Lipinski definition) is 3. The first-order valence-corrected chi connectivity index (χ1v) is 4.43. The first-order chi connectivity index (χ1) is 6.75. The molecule has 14 heavy (non-hydrogen) atoms. The molecule has 0 atom stereocenters. The van der Waals surface area contributed by atoms with E-state index in [0.717, 1.165) is 11.5 Å². The van der Waals surface area contributed by atoms with Crippen molar-refractivity contribution in [3.63, 3.8) is 0 Å². The van der Waals surface area contributed by atoms with E-state index in [1.54, 1.807) is 0 Å². The maximum absolute atomic E-state index is 11.4. The van der Waals surface area contributed by atoms with Crippen LogP contribution in [0.1, 0.15) is 10.5 Å². The molecule has 0 spiro atoms. The number of H-pyrrole nitrogens is 1. The number of carbonyl (C=O) groups excluding carboxylic acids is 1. The Morgan fingerprint density at radius 2 is 2.50 bits per heavy atom. The van der Waals surface area contributed by atoms with Crippen molar-refractivity contribution >= 4 is 28.3 Å². The molecule has 0 aliphatic rings. The third-order valence-corrected chi connectivity index (χ3v) is 1.98. The van der Waals surface area contributed by atoms with Crippen LogP contribution in [0, 0.1) is 0 Å². The number of amides is 1. The molecule has 8 heteroatoms. The van der Waals surface area contributed by atoms with Gasteiger partial charge >= 0.3 is 0 Å². The van der Waals surface area contributed by atoms with Crippen molar-refractivity contribution in [2.24, 2.45) is 0 Å². The third-order valence-electron chi connectivity index (χ3n) is 1.47. The second kappa shape index (κ2) is 3.42. The zero-order valence-corrected chi connectivity index (χ0v) is 7.71. The van der Waals surface area contributed by atoms with E-state index < -0.39 is 0 Å². The van der Waals surface area contributed by atoms with Gasteiger partial charge in [0.2, 0.25) is 5.13 Å². The van der Waals surface area contributed by atoms with Gasteiger partial charge in [0.15, 0.2) is 0 Å². The van der Waals surface area contributed by atoms with Gasteiger partial charge in [-0.1, -0.05) is 9.59 Å². The molecule has 0 bridgehead atoms. The van der Waals surface area contributed by atoms with Crippen LogP contribution in [0.5, 0.6) is 0 Å². The molecule has 0 aliphatic heterocycles. The minimum absolute atomic E-state index is 0.319. The number of hydrogen-bond acceptors (Lipinski definition) is 6. The molecule has 2 aromatic heterocycles. The highest BCUT2D eigenvalue weighted by atomic mass is 32.1. The molecule has 0 radical (unpaired) electrons. The van der Waals surface area contributed by atoms with Gasteiger partial charge in [-0.2, -0.15) is 0 Å². The van der Waals surface area contributed by atoms with Gasteiger partial charge in [-0.25, -0.2) is 0 Å². The highest BCUT2D eigenvalue weighted by Crippen LogP contribution is 2.09. The van der Waals surface area contributed by atoms with Crippen molar-refractivity contribution in [3.05, 3.63) is 18.0 Å². The molecule has 0 saturated carbocycles. The quantitative estimate of drug-likeness (QED) is 0.651. The number of carbonyl (C=O) groups is 1. The summed E-state index contributed by atoms with van der Waals surface area (Å²) in [6, 6.07) is 1.53. The monoisotopic (exact) mass is 210 g/mol. The van der Waals surface area contributed by atoms with E-state index in [1.807, 2.05) is 0 Å². The molecule has 7 nitrogen and oxygen atoms in total. The van der Waals surface area contributed by atoms with E-state index in [2.05, 4.69) is 25.1 Å². The van der Waals surface area contributed by atoms with Crippen molar-refractivity contribution in [1.82, 2.24) is 19.8 Å². The van der Waals surface area contributed by atoms with E-state index in [1.165, 1.54) is 12.3 Å². The molecule has 72 valence electrons. The van der Waals surface area contributed by atoms with Crippen molar-refractivity contribution in [2.75, 3.05) is 11.1 Å². The minimum atomic E-state index is -0.319. The van der Waals surface area contributed by atoms with Gasteiger partial charge in [0, 0.05) is 23.4 Å². The molecule has 1 amide bonds. The Labute approximate surface area is 82.5 Å². The SMILES string of the molecule is Nc1c[nH]c(C(=O)Nc2nnns2)c1. The van der Waals surface area contributed by atoms with Gasteiger partial charge in [0.1, 0.15) is 5.69 Å². The van der Waals surface area contributed by atoms with Gasteiger partial charge in [-0.3, -0.25) is 10.1 Å². The Morgan fingerprint density at radius 1 is 1.64 bits per heavy atom. The fourth-order valence-electron chi connectivity index (χ4n) is 0.889. The van der Waals surface area contributed by atoms with E-state index >= 15 is 0 Å². The second-order valence-electron chi connectivity index (χ2n) is 2.47. The Morgan fingerprint density at radius 3 is 3.07 bits per heavy atom. The lowest BCUT2D eigenvalue weighted by Gasteiger charge is -1.95. The number of aromatic amines is 1. The molecule has 2 aromatic rings. The summed E-state index contributed by atoms with van der Waals surface area (Å²) in [6.07, 6.45) is 1.53. The molecule has 4 N–H and O–H groups in total. The third kappa shape index (κ3) is 1.69. The smallest absolute Gasteiger partial charge is 0.274 e. The fraction of sp³-hybridized carbons (Fsp3) is 0. The standard InChI is InChI=1S/C6H6N6OS/c7-3-1-4(8-2-3)5(13)9-6-10-11-12-14-6/h1-2,8H,7H2,(H,9,10,12,13). The minimum Gasteiger partial charge on any atom is -0.397 e. The number of anilines is 2. The first kappa shape index (κ1) is 8.63. The molecule has 0 unspecified atom stereocenters. The lowest BCUT2D eigenvalue weighted by Crippen LogP contribution is -2.11. The Bertz CT molecular complexity index is 435. The average molecular weight is 210 g/mol. The van der Waals surface area contributed by atoms with Crippen LogP contribution >= 0.6 is 11.5 Å². The zero-order chi connectivity index (χ0) is 9.97. The van der Waals surface area contributed by atoms with Crippen LogP contribution in [0.3, 0.4) is 0 Å². The van der Waals surface area contributed by atoms with Gasteiger partial charge < -0.3 is 10.7 Å². The maximum atomic E-state index is 11.4. The lowest BCUT2D eigenvalue weighted by molar-refractivity contribution is 0.102. The summed E-state index contributed by atoms with van der Waals surface area (Å²) >= 11 is 1.00. The molecule has 0 fully saturated rings. The summed E-state index contributed by atoms with van der Waals surface area (Å²) in [5.74, 6) is -0.319. The van der Waals surface area contributed by atoms with E-state index in [-0.39, 0.29) is 5.91 Å². The summed E-state index contributed by atoms with van der Waals surface area (Å²) in [5, 5.41) is 9.77. The molecular weight excluding hydrogens is 204 g/mol. The normalized spacial score (nSPS) is 10.0. The molecule has 0 saturated heterocycles. The molecular formula is C6H6N6OS. The summed E-state index contributed by atoms with van der Waals surface area (Å²) in [5.41, 5.74) is 6.32. The number of nitrogens with two attached hydrogens (primary N) is 1. The van der Waals surface area contributed by atoms with Crippen molar-refractivity contribution in [1.29, 1.82) is 0 Å². The molecule has 0 aromatic carbocycles. The molecule has 2 rings (SSSR count). The first-order valence-electron chi connectivity index (χ1n) is 3.66. The lowest BCUT2D eigenvalue weighted by atomic mass is 10.4. The fourth-order valence-corrected chi connectivity index (χ4v) is 1.25. The summed E-state index contributed by atoms with van der Waals surface area (Å²) in [7, 11) is 0. The summed E-state index contributed by atoms with van der Waals surface area (Å²) in [4.78, 5) is 14.2. The Hall–Kier alpha value is -1.96. The predicted molar refractivity (Wildman–Crippen MR) is 50.9 cm³/mol. The van der Waals surface area contributed by atoms with E-state index in [4.69, 9.17) is 5.73 Å². The number of aromatic nitrogens is 4. The largest absolute Gasteiger partial charge is 0.397 e. The summed E-state index contributed by atoms with van der Waals surface area (Å²) in [6.45, 7) is 0. The molecule has 0 aliphatic carbocycles. The van der Waals surface area contributed by atoms with Gasteiger partial charge in [0.05, 0.1) is 0 Å². The highest BCUT2D eigenvalue weighted by molar-refractivity contribution is 7.09. The molecule has 2 heterocycles. The number of rotatable bonds is 2. The van der Waals surface area contributed by atoms with Crippen molar-refractivity contribution in [3.8, 4) is 0 Å². The van der Waals surface area contributed by atoms with Gasteiger partial charge in [-0.15, -0.1) is 0 Å². The van der Waals surface area contributed by atoms with E-state index in [9.17, 15) is 4.79 Å². The van der Waals surface area contributed by atoms with Gasteiger partial charge in [0.25, 0.3) is 5.91 Å². The van der Waals surface area contributed by atoms with Crippen LogP contribution in [0.25, 0.3) is 0 Å². The van der Waals surface area contributed by atoms with Crippen molar-refractivity contribution in [2.45, 2.75) is 0 Å². The average Bonchev–Trinajstić information content (AvgIpc) is 2.75. The number of nitrogen functional groups attached to an aromatic ring is 1. The van der Waals surface area contributed by atoms with E-state index in [0.29, 0.717) is 16.5 Å². The highest BCUT2D eigenvalue weighted by Gasteiger charge is 2.09. The van der Waals surface area contributed by atoms with Crippen LogP contribution in [-0.4, -0.2) is 25.7 Å². The predicted octanol–water partition coefficient (Wildman–Crippen LogP) is 0.0957. The second-order valence-corrected chi connectivity index (χ2v) is 3.20. The van der Waals surface area contributed by atoms with Crippen molar-refractivity contribution < 1.29 is 4.79 Å². The zero-order valence-electron chi connectivity index (χ0n) is 6.89. The van der Waals surface area contributed by atoms with Crippen LogP contribution in [0.15, 0.2) is 12.3 Å². The number of nitrogens with one attached hydrogen (secondary N) is 2. The summed E-state index contributed by atoms with van der Waals surface area (Å²) < 4.78 is 3.51. The maximum Gasteiger partial charge on any atom is 0.274 e.